The molecule has 3 heterocycles. The molecule has 4 heteroatoms. The average Bonchev–Trinajstić information content (AvgIpc) is 2.80. The number of fused-ring (bicyclic) bond motifs is 5. The first-order valence-electron chi connectivity index (χ1n) is 7.00. The van der Waals surface area contributed by atoms with Crippen molar-refractivity contribution in [3.05, 3.63) is 42.5 Å². The van der Waals surface area contributed by atoms with Crippen molar-refractivity contribution in [3.8, 4) is 0 Å². The number of hydrogen-bond acceptors (Lipinski definition) is 3. The highest BCUT2D eigenvalue weighted by molar-refractivity contribution is 6.22. The van der Waals surface area contributed by atoms with Crippen LogP contribution in [-0.4, -0.2) is 24.0 Å². The molecule has 2 amide bonds. The van der Waals surface area contributed by atoms with E-state index >= 15 is 0 Å². The van der Waals surface area contributed by atoms with Crippen LogP contribution in [0.5, 0.6) is 0 Å². The van der Waals surface area contributed by atoms with E-state index in [0.717, 1.165) is 12.8 Å². The highest BCUT2D eigenvalue weighted by Crippen LogP contribution is 2.45. The number of anilines is 1. The van der Waals surface area contributed by atoms with Gasteiger partial charge < -0.3 is 4.74 Å². The van der Waals surface area contributed by atoms with Crippen LogP contribution >= 0.6 is 0 Å². The minimum Gasteiger partial charge on any atom is -0.373 e. The van der Waals surface area contributed by atoms with Gasteiger partial charge in [-0.2, -0.15) is 0 Å². The van der Waals surface area contributed by atoms with Gasteiger partial charge in [0.05, 0.1) is 29.7 Å². The second-order valence-corrected chi connectivity index (χ2v) is 5.55. The number of carbonyl (C=O) groups excluding carboxylic acids is 2. The van der Waals surface area contributed by atoms with Crippen molar-refractivity contribution in [2.24, 2.45) is 11.8 Å². The Kier molecular flexibility index (Phi) is 2.54. The molecule has 0 aliphatic carbocycles. The van der Waals surface area contributed by atoms with Gasteiger partial charge >= 0.3 is 0 Å². The minimum atomic E-state index is -0.308. The number of carbonyl (C=O) groups is 2. The van der Waals surface area contributed by atoms with Gasteiger partial charge in [-0.25, -0.2) is 4.90 Å². The Morgan fingerprint density at radius 3 is 2.00 bits per heavy atom. The summed E-state index contributed by atoms with van der Waals surface area (Å²) in [5.41, 5.74) is 0.668. The van der Waals surface area contributed by atoms with Gasteiger partial charge in [0.1, 0.15) is 0 Å². The van der Waals surface area contributed by atoms with Crippen LogP contribution in [0.2, 0.25) is 0 Å². The molecule has 0 radical (unpaired) electrons. The number of hydrogen-bond donors (Lipinski definition) is 0. The van der Waals surface area contributed by atoms with E-state index in [-0.39, 0.29) is 35.9 Å². The summed E-state index contributed by atoms with van der Waals surface area (Å²) in [5.74, 6) is -0.821. The van der Waals surface area contributed by atoms with Gasteiger partial charge in [0.15, 0.2) is 0 Å². The Hall–Kier alpha value is -1.94. The molecule has 1 aromatic rings. The summed E-state index contributed by atoms with van der Waals surface area (Å²) in [6.07, 6.45) is 5.27. The zero-order valence-corrected chi connectivity index (χ0v) is 10.9. The Labute approximate surface area is 117 Å². The van der Waals surface area contributed by atoms with Crippen molar-refractivity contribution < 1.29 is 14.3 Å². The van der Waals surface area contributed by atoms with Crippen LogP contribution in [0.15, 0.2) is 42.5 Å². The van der Waals surface area contributed by atoms with Crippen LogP contribution in [0.1, 0.15) is 12.8 Å². The third-order valence-corrected chi connectivity index (χ3v) is 4.47. The first kappa shape index (κ1) is 11.9. The fraction of sp³-hybridized carbons (Fsp3) is 0.375. The molecule has 4 atom stereocenters. The van der Waals surface area contributed by atoms with Crippen molar-refractivity contribution in [2.45, 2.75) is 25.0 Å². The van der Waals surface area contributed by atoms with Gasteiger partial charge in [-0.05, 0) is 25.0 Å². The molecule has 2 fully saturated rings. The number of benzene rings is 1. The molecule has 1 aromatic carbocycles. The monoisotopic (exact) mass is 269 g/mol. The largest absolute Gasteiger partial charge is 0.373 e. The average molecular weight is 269 g/mol. The maximum Gasteiger partial charge on any atom is 0.240 e. The molecule has 0 aromatic heterocycles. The molecule has 0 N–H and O–H groups in total. The number of ether oxygens (including phenoxy) is 1. The molecule has 0 spiro atoms. The molecule has 2 bridgehead atoms. The molecule has 3 aliphatic heterocycles. The SMILES string of the molecule is O=C1[C@@H]2[C@H](C(=O)N1c1ccccc1)[C@H]1CC=CC[C@@H]2O1. The summed E-state index contributed by atoms with van der Waals surface area (Å²) in [5, 5.41) is 0. The number of para-hydroxylation sites is 1. The molecule has 102 valence electrons. The normalized spacial score (nSPS) is 35.3. The molecule has 0 saturated carbocycles. The standard InChI is InChI=1S/C16H15NO3/c18-15-13-11-8-4-5-9-12(20-11)14(13)16(19)17(15)10-6-2-1-3-7-10/h1-7,11-14H,8-9H2/t11-,12+,13-,14+. The van der Waals surface area contributed by atoms with Crippen LogP contribution in [0.4, 0.5) is 5.69 Å². The lowest BCUT2D eigenvalue weighted by Crippen LogP contribution is -2.35. The number of nitrogens with zero attached hydrogens (tertiary/aromatic N) is 1. The van der Waals surface area contributed by atoms with E-state index < -0.39 is 0 Å². The first-order valence-corrected chi connectivity index (χ1v) is 7.00. The van der Waals surface area contributed by atoms with Gasteiger partial charge in [0, 0.05) is 0 Å². The maximum absolute atomic E-state index is 12.7. The third-order valence-electron chi connectivity index (χ3n) is 4.47. The molecular weight excluding hydrogens is 254 g/mol. The molecule has 0 unspecified atom stereocenters. The van der Waals surface area contributed by atoms with Crippen LogP contribution in [0.25, 0.3) is 0 Å². The maximum atomic E-state index is 12.7. The van der Waals surface area contributed by atoms with Crippen molar-refractivity contribution in [1.29, 1.82) is 0 Å². The number of amides is 2. The van der Waals surface area contributed by atoms with Crippen molar-refractivity contribution in [1.82, 2.24) is 0 Å². The quantitative estimate of drug-likeness (QED) is 0.578. The molecule has 4 nitrogen and oxygen atoms in total. The number of rotatable bonds is 1. The Morgan fingerprint density at radius 2 is 1.45 bits per heavy atom. The fourth-order valence-corrected chi connectivity index (χ4v) is 3.58. The Balaban J connectivity index is 1.74. The molecule has 3 aliphatic rings. The van der Waals surface area contributed by atoms with E-state index in [1.165, 1.54) is 4.90 Å². The predicted octanol–water partition coefficient (Wildman–Crippen LogP) is 1.91. The lowest BCUT2D eigenvalue weighted by molar-refractivity contribution is -0.125. The topological polar surface area (TPSA) is 46.6 Å². The van der Waals surface area contributed by atoms with E-state index in [2.05, 4.69) is 12.2 Å². The van der Waals surface area contributed by atoms with Crippen LogP contribution < -0.4 is 4.90 Å². The fourth-order valence-electron chi connectivity index (χ4n) is 3.58. The van der Waals surface area contributed by atoms with Gasteiger partial charge in [0.2, 0.25) is 11.8 Å². The van der Waals surface area contributed by atoms with Crippen LogP contribution in [0, 0.1) is 11.8 Å². The van der Waals surface area contributed by atoms with E-state index in [9.17, 15) is 9.59 Å². The summed E-state index contributed by atoms with van der Waals surface area (Å²) >= 11 is 0. The highest BCUT2D eigenvalue weighted by atomic mass is 16.5. The molecular formula is C16H15NO3. The van der Waals surface area contributed by atoms with E-state index in [1.54, 1.807) is 12.1 Å². The molecule has 2 saturated heterocycles. The second-order valence-electron chi connectivity index (χ2n) is 5.55. The van der Waals surface area contributed by atoms with Gasteiger partial charge in [0.25, 0.3) is 0 Å². The van der Waals surface area contributed by atoms with Gasteiger partial charge in [-0.15, -0.1) is 0 Å². The summed E-state index contributed by atoms with van der Waals surface area (Å²) in [6, 6.07) is 9.17. The lowest BCUT2D eigenvalue weighted by Gasteiger charge is -2.19. The second kappa shape index (κ2) is 4.28. The summed E-state index contributed by atoms with van der Waals surface area (Å²) < 4.78 is 5.88. The van der Waals surface area contributed by atoms with Crippen molar-refractivity contribution in [2.75, 3.05) is 4.90 Å². The smallest absolute Gasteiger partial charge is 0.240 e. The molecule has 20 heavy (non-hydrogen) atoms. The van der Waals surface area contributed by atoms with Crippen molar-refractivity contribution in [3.63, 3.8) is 0 Å². The van der Waals surface area contributed by atoms with E-state index in [1.807, 2.05) is 18.2 Å². The third kappa shape index (κ3) is 1.51. The first-order chi connectivity index (χ1) is 9.77. The van der Waals surface area contributed by atoms with Crippen LogP contribution in [0.3, 0.4) is 0 Å². The predicted molar refractivity (Wildman–Crippen MR) is 73.0 cm³/mol. The highest BCUT2D eigenvalue weighted by Gasteiger charge is 2.59. The lowest BCUT2D eigenvalue weighted by atomic mass is 9.85. The Morgan fingerprint density at radius 1 is 0.900 bits per heavy atom. The Bertz CT molecular complexity index is 563. The van der Waals surface area contributed by atoms with E-state index in [0.29, 0.717) is 5.69 Å². The van der Waals surface area contributed by atoms with Gasteiger partial charge in [-0.1, -0.05) is 30.4 Å². The summed E-state index contributed by atoms with van der Waals surface area (Å²) in [4.78, 5) is 26.7. The summed E-state index contributed by atoms with van der Waals surface area (Å²) in [7, 11) is 0. The van der Waals surface area contributed by atoms with Gasteiger partial charge in [-0.3, -0.25) is 9.59 Å². The van der Waals surface area contributed by atoms with Crippen LogP contribution in [-0.2, 0) is 14.3 Å². The minimum absolute atomic E-state index is 0.103. The number of imide groups is 1. The zero-order valence-electron chi connectivity index (χ0n) is 10.9. The van der Waals surface area contributed by atoms with E-state index in [4.69, 9.17) is 4.74 Å². The molecule has 4 rings (SSSR count). The zero-order chi connectivity index (χ0) is 13.7. The van der Waals surface area contributed by atoms with Crippen molar-refractivity contribution >= 4 is 17.5 Å². The summed E-state index contributed by atoms with van der Waals surface area (Å²) in [6.45, 7) is 0.